The second-order valence-corrected chi connectivity index (χ2v) is 4.27. The molecule has 1 aliphatic rings. The van der Waals surface area contributed by atoms with Gasteiger partial charge in [0.15, 0.2) is 5.96 Å². The van der Waals surface area contributed by atoms with Crippen LogP contribution in [0.25, 0.3) is 0 Å². The fourth-order valence-electron chi connectivity index (χ4n) is 1.46. The molecule has 108 valence electrons. The van der Waals surface area contributed by atoms with Gasteiger partial charge in [-0.3, -0.25) is 4.99 Å². The highest BCUT2D eigenvalue weighted by molar-refractivity contribution is 14.0. The van der Waals surface area contributed by atoms with Gasteiger partial charge in [-0.2, -0.15) is 13.2 Å². The number of nitrogens with two attached hydrogens (primary N) is 1. The van der Waals surface area contributed by atoms with Crippen molar-refractivity contribution in [1.29, 1.82) is 0 Å². The normalized spacial score (nSPS) is 23.5. The van der Waals surface area contributed by atoms with E-state index in [1.54, 1.807) is 4.90 Å². The highest BCUT2D eigenvalue weighted by Gasteiger charge is 2.35. The number of hydrogen-bond donors (Lipinski definition) is 1. The van der Waals surface area contributed by atoms with E-state index in [9.17, 15) is 13.2 Å². The molecule has 0 saturated carbocycles. The van der Waals surface area contributed by atoms with Crippen LogP contribution in [0.3, 0.4) is 0 Å². The van der Waals surface area contributed by atoms with E-state index >= 15 is 0 Å². The van der Waals surface area contributed by atoms with E-state index in [0.717, 1.165) is 6.92 Å². The molecule has 0 aromatic carbocycles. The van der Waals surface area contributed by atoms with Crippen molar-refractivity contribution < 1.29 is 17.9 Å². The van der Waals surface area contributed by atoms with Gasteiger partial charge in [0, 0.05) is 13.1 Å². The van der Waals surface area contributed by atoms with Gasteiger partial charge in [-0.1, -0.05) is 6.92 Å². The molecule has 0 aromatic heterocycles. The highest BCUT2D eigenvalue weighted by atomic mass is 127. The van der Waals surface area contributed by atoms with E-state index in [1.807, 2.05) is 6.92 Å². The maximum absolute atomic E-state index is 12.3. The lowest BCUT2D eigenvalue weighted by molar-refractivity contribution is -0.166. The molecule has 1 rings (SSSR count). The zero-order chi connectivity index (χ0) is 13.1. The smallest absolute Gasteiger partial charge is 0.375 e. The predicted octanol–water partition coefficient (Wildman–Crippen LogP) is 1.84. The van der Waals surface area contributed by atoms with E-state index in [2.05, 4.69) is 4.99 Å². The molecule has 2 unspecified atom stereocenters. The molecule has 4 nitrogen and oxygen atoms in total. The minimum absolute atomic E-state index is 0. The number of halogens is 4. The molecule has 0 radical (unpaired) electrons. The molecular weight excluding hydrogens is 362 g/mol. The summed E-state index contributed by atoms with van der Waals surface area (Å²) < 4.78 is 42.1. The van der Waals surface area contributed by atoms with Gasteiger partial charge < -0.3 is 15.4 Å². The zero-order valence-electron chi connectivity index (χ0n) is 10.4. The highest BCUT2D eigenvalue weighted by Crippen LogP contribution is 2.25. The third-order valence-corrected chi connectivity index (χ3v) is 2.65. The third-order valence-electron chi connectivity index (χ3n) is 2.65. The molecular formula is C10H19F3IN3O. The minimum Gasteiger partial charge on any atom is -0.375 e. The molecule has 1 fully saturated rings. The number of alkyl halides is 3. The van der Waals surface area contributed by atoms with Crippen molar-refractivity contribution in [3.8, 4) is 0 Å². The molecule has 0 amide bonds. The monoisotopic (exact) mass is 381 g/mol. The largest absolute Gasteiger partial charge is 0.393 e. The summed E-state index contributed by atoms with van der Waals surface area (Å²) in [6.45, 7) is 4.31. The Morgan fingerprint density at radius 3 is 2.67 bits per heavy atom. The molecule has 1 aliphatic heterocycles. The van der Waals surface area contributed by atoms with Crippen LogP contribution in [0.1, 0.15) is 13.8 Å². The number of rotatable bonds is 2. The van der Waals surface area contributed by atoms with Crippen LogP contribution in [-0.2, 0) is 4.74 Å². The first-order valence-electron chi connectivity index (χ1n) is 5.54. The maximum atomic E-state index is 12.3. The number of aliphatic imine (C=N–C) groups is 1. The molecule has 1 saturated heterocycles. The van der Waals surface area contributed by atoms with Gasteiger partial charge in [-0.05, 0) is 6.92 Å². The second kappa shape index (κ2) is 7.37. The third kappa shape index (κ3) is 5.59. The Hall–Kier alpha value is -0.250. The number of guanidine groups is 1. The first-order valence-corrected chi connectivity index (χ1v) is 5.54. The van der Waals surface area contributed by atoms with E-state index in [4.69, 9.17) is 10.5 Å². The van der Waals surface area contributed by atoms with Crippen molar-refractivity contribution >= 4 is 29.9 Å². The lowest BCUT2D eigenvalue weighted by Crippen LogP contribution is -2.48. The number of hydrogen-bond acceptors (Lipinski definition) is 2. The topological polar surface area (TPSA) is 50.8 Å². The molecule has 2 atom stereocenters. The van der Waals surface area contributed by atoms with Crippen molar-refractivity contribution in [2.45, 2.75) is 26.1 Å². The lowest BCUT2D eigenvalue weighted by atomic mass is 10.2. The van der Waals surface area contributed by atoms with Gasteiger partial charge in [0.25, 0.3) is 0 Å². The fraction of sp³-hybridized carbons (Fsp3) is 0.900. The summed E-state index contributed by atoms with van der Waals surface area (Å²) >= 11 is 0. The van der Waals surface area contributed by atoms with Crippen molar-refractivity contribution in [2.75, 3.05) is 26.2 Å². The summed E-state index contributed by atoms with van der Waals surface area (Å²) in [7, 11) is 0. The SMILES string of the molecule is CC1CN(C(N)=NCC(C)C(F)(F)F)CCO1.I. The van der Waals surface area contributed by atoms with E-state index in [1.165, 1.54) is 0 Å². The summed E-state index contributed by atoms with van der Waals surface area (Å²) in [4.78, 5) is 5.54. The van der Waals surface area contributed by atoms with Crippen molar-refractivity contribution in [3.05, 3.63) is 0 Å². The summed E-state index contributed by atoms with van der Waals surface area (Å²) in [5, 5.41) is 0. The first-order chi connectivity index (χ1) is 7.80. The van der Waals surface area contributed by atoms with Crippen LogP contribution >= 0.6 is 24.0 Å². The van der Waals surface area contributed by atoms with Gasteiger partial charge in [0.1, 0.15) is 0 Å². The van der Waals surface area contributed by atoms with Gasteiger partial charge in [0.2, 0.25) is 0 Å². The first kappa shape index (κ1) is 17.8. The molecule has 1 heterocycles. The van der Waals surface area contributed by atoms with Gasteiger partial charge >= 0.3 is 6.18 Å². The fourth-order valence-corrected chi connectivity index (χ4v) is 1.46. The quantitative estimate of drug-likeness (QED) is 0.451. The Morgan fingerprint density at radius 2 is 2.17 bits per heavy atom. The zero-order valence-corrected chi connectivity index (χ0v) is 12.7. The molecule has 18 heavy (non-hydrogen) atoms. The van der Waals surface area contributed by atoms with Crippen LogP contribution in [0.5, 0.6) is 0 Å². The van der Waals surface area contributed by atoms with Crippen LogP contribution in [-0.4, -0.2) is 49.4 Å². The average molecular weight is 381 g/mol. The predicted molar refractivity (Wildman–Crippen MR) is 74.1 cm³/mol. The van der Waals surface area contributed by atoms with Crippen molar-refractivity contribution in [3.63, 3.8) is 0 Å². The Balaban J connectivity index is 0.00000289. The standard InChI is InChI=1S/C10H18F3N3O.HI/c1-7(10(11,12)13)5-15-9(14)16-3-4-17-8(2)6-16;/h7-8H,3-6H2,1-2H3,(H2,14,15);1H. The van der Waals surface area contributed by atoms with Crippen LogP contribution in [0.2, 0.25) is 0 Å². The van der Waals surface area contributed by atoms with Crippen LogP contribution in [0.4, 0.5) is 13.2 Å². The summed E-state index contributed by atoms with van der Waals surface area (Å²) in [5.41, 5.74) is 5.66. The number of nitrogens with zero attached hydrogens (tertiary/aromatic N) is 2. The van der Waals surface area contributed by atoms with E-state index < -0.39 is 12.1 Å². The summed E-state index contributed by atoms with van der Waals surface area (Å²) in [6, 6.07) is 0. The average Bonchev–Trinajstić information content (AvgIpc) is 2.24. The molecule has 0 bridgehead atoms. The molecule has 0 aromatic rings. The maximum Gasteiger partial charge on any atom is 0.393 e. The Kier molecular flexibility index (Phi) is 7.26. The van der Waals surface area contributed by atoms with E-state index in [0.29, 0.717) is 19.7 Å². The van der Waals surface area contributed by atoms with Crippen LogP contribution in [0, 0.1) is 5.92 Å². The Morgan fingerprint density at radius 1 is 1.56 bits per heavy atom. The van der Waals surface area contributed by atoms with Crippen molar-refractivity contribution in [2.24, 2.45) is 16.6 Å². The van der Waals surface area contributed by atoms with E-state index in [-0.39, 0.29) is 42.6 Å². The van der Waals surface area contributed by atoms with Gasteiger partial charge in [0.05, 0.1) is 25.2 Å². The second-order valence-electron chi connectivity index (χ2n) is 4.27. The molecule has 2 N–H and O–H groups in total. The minimum atomic E-state index is -4.22. The molecule has 8 heteroatoms. The number of morpholine rings is 1. The summed E-state index contributed by atoms with van der Waals surface area (Å²) in [5.74, 6) is -1.31. The summed E-state index contributed by atoms with van der Waals surface area (Å²) in [6.07, 6.45) is -4.19. The van der Waals surface area contributed by atoms with Crippen LogP contribution in [0.15, 0.2) is 4.99 Å². The number of ether oxygens (including phenoxy) is 1. The van der Waals surface area contributed by atoms with Gasteiger partial charge in [-0.15, -0.1) is 24.0 Å². The molecule has 0 spiro atoms. The molecule has 0 aliphatic carbocycles. The lowest BCUT2D eigenvalue weighted by Gasteiger charge is -2.32. The van der Waals surface area contributed by atoms with Gasteiger partial charge in [-0.25, -0.2) is 0 Å². The van der Waals surface area contributed by atoms with Crippen molar-refractivity contribution in [1.82, 2.24) is 4.90 Å². The van der Waals surface area contributed by atoms with Crippen LogP contribution < -0.4 is 5.73 Å². The Bertz CT molecular complexity index is 286. The Labute approximate surface area is 122 Å².